The highest BCUT2D eigenvalue weighted by Gasteiger charge is 2.36. The van der Waals surface area contributed by atoms with Gasteiger partial charge in [0.2, 0.25) is 11.8 Å². The number of allylic oxidation sites excluding steroid dienone is 2. The number of nitrogens with one attached hydrogen (secondary N) is 1. The lowest BCUT2D eigenvalue weighted by Gasteiger charge is -2.34. The molecule has 1 unspecified atom stereocenters. The molecule has 0 spiro atoms. The van der Waals surface area contributed by atoms with Crippen molar-refractivity contribution in [1.29, 1.82) is 0 Å². The first-order valence-corrected chi connectivity index (χ1v) is 8.05. The second kappa shape index (κ2) is 7.29. The third-order valence-electron chi connectivity index (χ3n) is 4.14. The van der Waals surface area contributed by atoms with Crippen molar-refractivity contribution in [3.05, 3.63) is 41.1 Å². The number of carbonyl (C=O) groups excluding carboxylic acids is 3. The zero-order chi connectivity index (χ0) is 17.9. The molecule has 1 aromatic carbocycles. The minimum absolute atomic E-state index is 0.211. The van der Waals surface area contributed by atoms with E-state index in [2.05, 4.69) is 5.32 Å². The van der Waals surface area contributed by atoms with Gasteiger partial charge < -0.3 is 10.6 Å². The molecule has 0 bridgehead atoms. The van der Waals surface area contributed by atoms with E-state index in [0.717, 1.165) is 12.0 Å². The average Bonchev–Trinajstić information content (AvgIpc) is 2.50. The molecule has 128 valence electrons. The van der Waals surface area contributed by atoms with Gasteiger partial charge >= 0.3 is 0 Å². The number of nitrogen functional groups attached to an aromatic ring is 1. The van der Waals surface area contributed by atoms with Crippen molar-refractivity contribution in [3.8, 4) is 0 Å². The van der Waals surface area contributed by atoms with Crippen molar-refractivity contribution in [2.75, 3.05) is 5.73 Å². The van der Waals surface area contributed by atoms with Crippen LogP contribution in [-0.4, -0.2) is 28.7 Å². The molecule has 1 saturated heterocycles. The highest BCUT2D eigenvalue weighted by Crippen LogP contribution is 2.25. The SMILES string of the molecule is CC/C=C(\C)N(C(=O)c1c(C)cccc1N)C1CCC(=O)NC1=O. The summed E-state index contributed by atoms with van der Waals surface area (Å²) in [7, 11) is 0. The summed E-state index contributed by atoms with van der Waals surface area (Å²) < 4.78 is 0. The van der Waals surface area contributed by atoms with E-state index in [1.165, 1.54) is 4.90 Å². The van der Waals surface area contributed by atoms with Gasteiger partial charge in [-0.15, -0.1) is 0 Å². The normalized spacial score (nSPS) is 18.3. The third kappa shape index (κ3) is 3.48. The molecule has 0 aromatic heterocycles. The largest absolute Gasteiger partial charge is 0.398 e. The highest BCUT2D eigenvalue weighted by molar-refractivity contribution is 6.06. The summed E-state index contributed by atoms with van der Waals surface area (Å²) in [5.41, 5.74) is 8.20. The number of piperidine rings is 1. The van der Waals surface area contributed by atoms with E-state index < -0.39 is 11.9 Å². The Kier molecular flexibility index (Phi) is 5.39. The van der Waals surface area contributed by atoms with Crippen LogP contribution in [0.3, 0.4) is 0 Å². The first kappa shape index (κ1) is 17.7. The van der Waals surface area contributed by atoms with E-state index in [0.29, 0.717) is 23.4 Å². The maximum Gasteiger partial charge on any atom is 0.261 e. The lowest BCUT2D eigenvalue weighted by Crippen LogP contribution is -2.53. The van der Waals surface area contributed by atoms with Crippen LogP contribution in [0.1, 0.15) is 49.0 Å². The summed E-state index contributed by atoms with van der Waals surface area (Å²) in [6.45, 7) is 5.56. The molecule has 0 aliphatic carbocycles. The number of nitrogens with two attached hydrogens (primary N) is 1. The second-order valence-electron chi connectivity index (χ2n) is 5.93. The molecule has 3 amide bonds. The highest BCUT2D eigenvalue weighted by atomic mass is 16.2. The molecule has 0 saturated carbocycles. The Morgan fingerprint density at radius 2 is 2.12 bits per heavy atom. The number of rotatable bonds is 4. The van der Waals surface area contributed by atoms with Crippen LogP contribution in [0.25, 0.3) is 0 Å². The minimum Gasteiger partial charge on any atom is -0.398 e. The Morgan fingerprint density at radius 1 is 1.42 bits per heavy atom. The van der Waals surface area contributed by atoms with Crippen molar-refractivity contribution in [3.63, 3.8) is 0 Å². The molecule has 0 radical (unpaired) electrons. The van der Waals surface area contributed by atoms with Crippen molar-refractivity contribution in [2.24, 2.45) is 0 Å². The van der Waals surface area contributed by atoms with E-state index >= 15 is 0 Å². The van der Waals surface area contributed by atoms with Crippen LogP contribution in [0.4, 0.5) is 5.69 Å². The van der Waals surface area contributed by atoms with Gasteiger partial charge in [0.15, 0.2) is 0 Å². The number of amides is 3. The summed E-state index contributed by atoms with van der Waals surface area (Å²) in [5, 5.41) is 2.31. The lowest BCUT2D eigenvalue weighted by molar-refractivity contribution is -0.136. The second-order valence-corrected chi connectivity index (χ2v) is 5.93. The zero-order valence-electron chi connectivity index (χ0n) is 14.3. The minimum atomic E-state index is -0.711. The summed E-state index contributed by atoms with van der Waals surface area (Å²) in [5.74, 6) is -1.07. The van der Waals surface area contributed by atoms with Crippen LogP contribution in [0.2, 0.25) is 0 Å². The maximum absolute atomic E-state index is 13.2. The number of hydrogen-bond acceptors (Lipinski definition) is 4. The van der Waals surface area contributed by atoms with E-state index in [9.17, 15) is 14.4 Å². The van der Waals surface area contributed by atoms with Gasteiger partial charge in [0.1, 0.15) is 6.04 Å². The smallest absolute Gasteiger partial charge is 0.261 e. The van der Waals surface area contributed by atoms with E-state index in [1.54, 1.807) is 19.1 Å². The fraction of sp³-hybridized carbons (Fsp3) is 0.389. The van der Waals surface area contributed by atoms with Gasteiger partial charge in [0.05, 0.1) is 5.56 Å². The maximum atomic E-state index is 13.2. The molecular weight excluding hydrogens is 306 g/mol. The topological polar surface area (TPSA) is 92.5 Å². The number of carbonyl (C=O) groups is 3. The van der Waals surface area contributed by atoms with E-state index in [1.807, 2.05) is 26.0 Å². The van der Waals surface area contributed by atoms with Gasteiger partial charge in [0, 0.05) is 17.8 Å². The fourth-order valence-corrected chi connectivity index (χ4v) is 2.97. The monoisotopic (exact) mass is 329 g/mol. The summed E-state index contributed by atoms with van der Waals surface area (Å²) in [4.78, 5) is 38.3. The van der Waals surface area contributed by atoms with Gasteiger partial charge in [0.25, 0.3) is 5.91 Å². The van der Waals surface area contributed by atoms with Gasteiger partial charge in [-0.25, -0.2) is 0 Å². The Bertz CT molecular complexity index is 689. The van der Waals surface area contributed by atoms with Crippen molar-refractivity contribution < 1.29 is 14.4 Å². The molecule has 1 heterocycles. The van der Waals surface area contributed by atoms with Crippen LogP contribution < -0.4 is 11.1 Å². The molecule has 1 fully saturated rings. The van der Waals surface area contributed by atoms with Crippen LogP contribution in [0.5, 0.6) is 0 Å². The number of anilines is 1. The molecule has 1 aliphatic rings. The lowest BCUT2D eigenvalue weighted by atomic mass is 9.99. The zero-order valence-corrected chi connectivity index (χ0v) is 14.3. The van der Waals surface area contributed by atoms with Crippen LogP contribution >= 0.6 is 0 Å². The molecule has 1 aliphatic heterocycles. The number of imide groups is 1. The predicted octanol–water partition coefficient (Wildman–Crippen LogP) is 2.14. The quantitative estimate of drug-likeness (QED) is 0.654. The average molecular weight is 329 g/mol. The molecule has 6 nitrogen and oxygen atoms in total. The van der Waals surface area contributed by atoms with Crippen molar-refractivity contribution >= 4 is 23.4 Å². The standard InChI is InChI=1S/C18H23N3O3/c1-4-6-12(3)21(14-9-10-15(22)20-17(14)23)18(24)16-11(2)7-5-8-13(16)19/h5-8,14H,4,9-10,19H2,1-3H3,(H,20,22,23)/b12-6+. The van der Waals surface area contributed by atoms with Gasteiger partial charge in [-0.05, 0) is 38.3 Å². The molecule has 6 heteroatoms. The molecule has 1 aromatic rings. The van der Waals surface area contributed by atoms with E-state index in [-0.39, 0.29) is 18.2 Å². The number of hydrogen-bond donors (Lipinski definition) is 2. The first-order chi connectivity index (χ1) is 11.4. The van der Waals surface area contributed by atoms with Gasteiger partial charge in [-0.3, -0.25) is 19.7 Å². The number of benzene rings is 1. The van der Waals surface area contributed by atoms with Gasteiger partial charge in [-0.1, -0.05) is 25.1 Å². The van der Waals surface area contributed by atoms with Gasteiger partial charge in [-0.2, -0.15) is 0 Å². The Balaban J connectivity index is 2.47. The molecule has 24 heavy (non-hydrogen) atoms. The van der Waals surface area contributed by atoms with Crippen molar-refractivity contribution in [2.45, 2.75) is 46.1 Å². The summed E-state index contributed by atoms with van der Waals surface area (Å²) in [6, 6.07) is 4.55. The molecule has 1 atom stereocenters. The summed E-state index contributed by atoms with van der Waals surface area (Å²) >= 11 is 0. The van der Waals surface area contributed by atoms with Crippen LogP contribution in [0, 0.1) is 6.92 Å². The van der Waals surface area contributed by atoms with Crippen LogP contribution in [-0.2, 0) is 9.59 Å². The Hall–Kier alpha value is -2.63. The molecule has 3 N–H and O–H groups in total. The molecule has 2 rings (SSSR count). The van der Waals surface area contributed by atoms with Crippen molar-refractivity contribution in [1.82, 2.24) is 10.2 Å². The third-order valence-corrected chi connectivity index (χ3v) is 4.14. The summed E-state index contributed by atoms with van der Waals surface area (Å²) in [6.07, 6.45) is 3.13. The molecular formula is C18H23N3O3. The number of aryl methyl sites for hydroxylation is 1. The Labute approximate surface area is 141 Å². The first-order valence-electron chi connectivity index (χ1n) is 8.05. The fourth-order valence-electron chi connectivity index (χ4n) is 2.97. The van der Waals surface area contributed by atoms with E-state index in [4.69, 9.17) is 5.73 Å². The predicted molar refractivity (Wildman–Crippen MR) is 92.0 cm³/mol. The van der Waals surface area contributed by atoms with Crippen LogP contribution in [0.15, 0.2) is 30.0 Å². The number of nitrogens with zero attached hydrogens (tertiary/aromatic N) is 1. The Morgan fingerprint density at radius 3 is 2.71 bits per heavy atom.